The molecule has 0 aliphatic carbocycles. The molecule has 0 aromatic heterocycles. The van der Waals surface area contributed by atoms with Gasteiger partial charge in [0.05, 0.1) is 72.7 Å². The van der Waals surface area contributed by atoms with Crippen LogP contribution in [0.4, 0.5) is 0 Å². The predicted octanol–water partition coefficient (Wildman–Crippen LogP) is 11.8. The van der Waals surface area contributed by atoms with Gasteiger partial charge in [0.15, 0.2) is 0 Å². The van der Waals surface area contributed by atoms with Gasteiger partial charge in [-0.3, -0.25) is 43.2 Å². The summed E-state index contributed by atoms with van der Waals surface area (Å²) < 4.78 is 34.5. The fourth-order valence-electron chi connectivity index (χ4n) is 5.71. The number of hydrogen-bond donors (Lipinski definition) is 2. The van der Waals surface area contributed by atoms with Gasteiger partial charge in [0.1, 0.15) is 24.4 Å². The lowest BCUT2D eigenvalue weighted by atomic mass is 10.1. The number of rotatable bonds is 35. The smallest absolute Gasteiger partial charge is 0.309 e. The summed E-state index contributed by atoms with van der Waals surface area (Å²) in [6, 6.07) is 0. The van der Waals surface area contributed by atoms with Crippen LogP contribution >= 0.6 is 0 Å². The molecule has 0 rings (SSSR count). The number of hydrogen-bond acceptors (Lipinski definition) is 16. The fraction of sp³-hybridized carbons (Fsp3) is 0.667. The number of esters is 7. The molecule has 0 spiro atoms. The van der Waals surface area contributed by atoms with Crippen LogP contribution in [-0.4, -0.2) is 110 Å². The highest BCUT2D eigenvalue weighted by atomic mass is 16.6. The Morgan fingerprint density at radius 3 is 0.947 bits per heavy atom. The van der Waals surface area contributed by atoms with E-state index in [9.17, 15) is 43.2 Å². The molecule has 0 aromatic rings. The molecule has 4 atom stereocenters. The summed E-state index contributed by atoms with van der Waals surface area (Å²) >= 11 is 0. The summed E-state index contributed by atoms with van der Waals surface area (Å²) in [4.78, 5) is 99.7. The van der Waals surface area contributed by atoms with Gasteiger partial charge in [-0.1, -0.05) is 142 Å². The Bertz CT molecular complexity index is 1660. The number of aliphatic carboxylic acids is 2. The molecule has 0 aliphatic rings. The number of carboxylic acid groups (broad SMARTS) is 2. The molecular weight excluding hydrogens is 973 g/mol. The second-order valence-corrected chi connectivity index (χ2v) is 16.3. The molecule has 0 radical (unpaired) electrons. The average molecular weight is 1070 g/mol. The van der Waals surface area contributed by atoms with Crippen molar-refractivity contribution in [2.24, 2.45) is 0 Å². The van der Waals surface area contributed by atoms with Crippen LogP contribution in [0.15, 0.2) is 60.8 Å². The molecular formula is C57H96O18. The van der Waals surface area contributed by atoms with Crippen LogP contribution in [0.1, 0.15) is 204 Å². The second-order valence-electron chi connectivity index (χ2n) is 16.3. The van der Waals surface area contributed by atoms with E-state index in [4.69, 9.17) is 29.2 Å². The highest BCUT2D eigenvalue weighted by Gasteiger charge is 2.23. The SMILES string of the molecule is CC/C=C/CC(=O)O.CC/C=C/CC(=O)OC.CC/C=C/CC(=O)OC(CC)CCC(=O)OC.CC/C=C/CC(=O)OC(CCC)CC(=O)OC.CC/C=C/CC(=O)OC(CCC)CC(=O)OC(CCC)CC(=O)O. The van der Waals surface area contributed by atoms with E-state index >= 15 is 0 Å². The number of ether oxygens (including phenoxy) is 7. The number of carbonyl (C=O) groups excluding carboxylic acids is 7. The van der Waals surface area contributed by atoms with Crippen molar-refractivity contribution in [1.82, 2.24) is 0 Å². The van der Waals surface area contributed by atoms with Crippen LogP contribution in [0.25, 0.3) is 0 Å². The zero-order valence-corrected chi connectivity index (χ0v) is 47.6. The van der Waals surface area contributed by atoms with E-state index in [1.165, 1.54) is 21.3 Å². The Morgan fingerprint density at radius 1 is 0.333 bits per heavy atom. The van der Waals surface area contributed by atoms with Crippen molar-refractivity contribution in [2.75, 3.05) is 21.3 Å². The molecule has 0 saturated carbocycles. The van der Waals surface area contributed by atoms with Gasteiger partial charge in [0.25, 0.3) is 0 Å². The lowest BCUT2D eigenvalue weighted by Crippen LogP contribution is -2.26. The first kappa shape index (κ1) is 77.8. The van der Waals surface area contributed by atoms with Crippen molar-refractivity contribution in [3.63, 3.8) is 0 Å². The molecule has 4 unspecified atom stereocenters. The summed E-state index contributed by atoms with van der Waals surface area (Å²) in [6.45, 7) is 17.7. The van der Waals surface area contributed by atoms with E-state index in [2.05, 4.69) is 14.2 Å². The molecule has 18 heteroatoms. The molecule has 75 heavy (non-hydrogen) atoms. The molecule has 18 nitrogen and oxygen atoms in total. The Kier molecular flexibility index (Phi) is 61.0. The number of methoxy groups -OCH3 is 3. The normalized spacial score (nSPS) is 12.2. The Balaban J connectivity index is -0.000000287. The second kappa shape index (κ2) is 58.8. The van der Waals surface area contributed by atoms with Crippen molar-refractivity contribution >= 4 is 53.7 Å². The van der Waals surface area contributed by atoms with Gasteiger partial charge in [-0.15, -0.1) is 0 Å². The van der Waals surface area contributed by atoms with E-state index < -0.39 is 30.1 Å². The first-order valence-electron chi connectivity index (χ1n) is 26.4. The molecule has 0 heterocycles. The van der Waals surface area contributed by atoms with Gasteiger partial charge in [0.2, 0.25) is 0 Å². The maximum absolute atomic E-state index is 12.0. The largest absolute Gasteiger partial charge is 0.481 e. The van der Waals surface area contributed by atoms with Gasteiger partial charge >= 0.3 is 53.7 Å². The Labute approximate surface area is 449 Å². The molecule has 0 bridgehead atoms. The third kappa shape index (κ3) is 62.1. The molecule has 0 amide bonds. The van der Waals surface area contributed by atoms with Gasteiger partial charge in [0, 0.05) is 6.42 Å². The third-order valence-corrected chi connectivity index (χ3v) is 9.47. The summed E-state index contributed by atoms with van der Waals surface area (Å²) in [5, 5.41) is 16.9. The number of carbonyl (C=O) groups is 9. The summed E-state index contributed by atoms with van der Waals surface area (Å²) in [6.07, 6.45) is 27.9. The highest BCUT2D eigenvalue weighted by molar-refractivity contribution is 5.75. The lowest BCUT2D eigenvalue weighted by Gasteiger charge is -2.19. The van der Waals surface area contributed by atoms with E-state index in [1.807, 2.05) is 98.8 Å². The standard InChI is InChI=1S/C18H30O6.2C13H22O4.C7H12O2.C6H10O2/c1-4-7-8-11-17(21)23-15(10-6-3)13-18(22)24-14(9-5-2)12-16(19)20;1-4-6-7-8-13(15)17-11(5-2)9-10-12(14)16-3;1-4-6-7-9-12(14)17-11(8-5-2)10-13(15)16-3;1-3-4-5-6-7(8)9-2;1-2-3-4-5-6(7)8/h7-8,14-15H,4-6,9-13H2,1-3H3,(H,19,20);2*6-7,11H,4-5,8-10H2,1-3H3;4-5H,3,6H2,1-2H3;3-4H,2,5H2,1H3,(H,7,8)/b8-7+;2*7-6+;5-4+;4-3+. The monoisotopic (exact) mass is 1070 g/mol. The van der Waals surface area contributed by atoms with Gasteiger partial charge in [-0.2, -0.15) is 0 Å². The van der Waals surface area contributed by atoms with Crippen LogP contribution in [0.2, 0.25) is 0 Å². The molecule has 2 N–H and O–H groups in total. The number of allylic oxidation sites excluding steroid dienone is 5. The topological polar surface area (TPSA) is 259 Å². The quantitative estimate of drug-likeness (QED) is 0.0339. The van der Waals surface area contributed by atoms with Crippen LogP contribution in [-0.2, 0) is 76.3 Å². The summed E-state index contributed by atoms with van der Waals surface area (Å²) in [5.41, 5.74) is 0. The van der Waals surface area contributed by atoms with Crippen LogP contribution in [0.5, 0.6) is 0 Å². The van der Waals surface area contributed by atoms with Crippen LogP contribution in [0, 0.1) is 0 Å². The molecule has 432 valence electrons. The molecule has 0 aromatic carbocycles. The summed E-state index contributed by atoms with van der Waals surface area (Å²) in [7, 11) is 4.07. The molecule has 0 aliphatic heterocycles. The van der Waals surface area contributed by atoms with E-state index in [1.54, 1.807) is 24.3 Å². The van der Waals surface area contributed by atoms with Gasteiger partial charge < -0.3 is 43.4 Å². The van der Waals surface area contributed by atoms with Crippen molar-refractivity contribution in [2.45, 2.75) is 228 Å². The Morgan fingerprint density at radius 2 is 0.640 bits per heavy atom. The van der Waals surface area contributed by atoms with Gasteiger partial charge in [-0.05, 0) is 64.2 Å². The van der Waals surface area contributed by atoms with E-state index in [0.29, 0.717) is 44.9 Å². The first-order chi connectivity index (χ1) is 35.8. The van der Waals surface area contributed by atoms with E-state index in [0.717, 1.165) is 51.4 Å². The minimum Gasteiger partial charge on any atom is -0.481 e. The van der Waals surface area contributed by atoms with Crippen molar-refractivity contribution < 1.29 is 86.5 Å². The lowest BCUT2D eigenvalue weighted by molar-refractivity contribution is -0.160. The minimum atomic E-state index is -1.000. The fourth-order valence-corrected chi connectivity index (χ4v) is 5.71. The third-order valence-electron chi connectivity index (χ3n) is 9.47. The molecule has 0 saturated heterocycles. The van der Waals surface area contributed by atoms with Gasteiger partial charge in [-0.25, -0.2) is 0 Å². The number of carboxylic acids is 2. The molecule has 0 fully saturated rings. The van der Waals surface area contributed by atoms with Crippen molar-refractivity contribution in [3.05, 3.63) is 60.8 Å². The zero-order valence-electron chi connectivity index (χ0n) is 47.6. The Hall–Kier alpha value is -6.07. The van der Waals surface area contributed by atoms with Crippen molar-refractivity contribution in [1.29, 1.82) is 0 Å². The maximum atomic E-state index is 12.0. The summed E-state index contributed by atoms with van der Waals surface area (Å²) in [5.74, 6) is -4.00. The highest BCUT2D eigenvalue weighted by Crippen LogP contribution is 2.15. The van der Waals surface area contributed by atoms with Crippen LogP contribution in [0.3, 0.4) is 0 Å². The average Bonchev–Trinajstić information content (AvgIpc) is 3.36. The maximum Gasteiger partial charge on any atom is 0.309 e. The first-order valence-corrected chi connectivity index (χ1v) is 26.4. The predicted molar refractivity (Wildman–Crippen MR) is 289 cm³/mol. The van der Waals surface area contributed by atoms with E-state index in [-0.39, 0.29) is 93.0 Å². The van der Waals surface area contributed by atoms with Crippen LogP contribution < -0.4 is 0 Å². The van der Waals surface area contributed by atoms with Crippen molar-refractivity contribution in [3.8, 4) is 0 Å². The minimum absolute atomic E-state index is 0.0447. The zero-order chi connectivity index (χ0) is 58.1.